The molecule has 1 aliphatic heterocycles. The first kappa shape index (κ1) is 42.9. The van der Waals surface area contributed by atoms with E-state index in [4.69, 9.17) is 33.2 Å². The Hall–Kier alpha value is -7.33. The standard InChI is InChI=1S/C56H48O8S/c57-65(48-29-17-6-18-30-48)56-51(61-38-44-25-13-4-14-26-44)33-47(58-35-41-19-7-1-8-20-41)34-52(56)64-54(53-40-62-53)46-31-49(59-36-42-21-9-2-10-22-42)55(63-39-45-27-15-5-16-28-45)50(32-46)60-37-43-23-11-3-12-24-43/h1-34,53-54H,35-40H2/t53-,54+,65?/m1/s1. The molecule has 0 bridgehead atoms. The number of hydrogen-bond donors (Lipinski definition) is 0. The zero-order valence-electron chi connectivity index (χ0n) is 35.7. The third-order valence-corrected chi connectivity index (χ3v) is 12.1. The van der Waals surface area contributed by atoms with Crippen LogP contribution in [0, 0.1) is 0 Å². The van der Waals surface area contributed by atoms with Gasteiger partial charge in [0.25, 0.3) is 0 Å². The van der Waals surface area contributed by atoms with Crippen LogP contribution in [0.25, 0.3) is 0 Å². The molecule has 9 heteroatoms. The quantitative estimate of drug-likeness (QED) is 0.0660. The molecule has 1 aliphatic rings. The molecule has 8 aromatic carbocycles. The lowest BCUT2D eigenvalue weighted by atomic mass is 10.0. The van der Waals surface area contributed by atoms with E-state index in [1.807, 2.05) is 194 Å². The summed E-state index contributed by atoms with van der Waals surface area (Å²) < 4.78 is 61.1. The Kier molecular flexibility index (Phi) is 14.1. The number of epoxide rings is 1. The van der Waals surface area contributed by atoms with Gasteiger partial charge in [-0.15, -0.1) is 0 Å². The van der Waals surface area contributed by atoms with Crippen LogP contribution >= 0.6 is 0 Å². The molecule has 3 atom stereocenters. The van der Waals surface area contributed by atoms with E-state index in [0.29, 0.717) is 63.1 Å². The van der Waals surface area contributed by atoms with Crippen LogP contribution in [-0.2, 0) is 48.6 Å². The molecule has 0 N–H and O–H groups in total. The summed E-state index contributed by atoms with van der Waals surface area (Å²) in [6, 6.07) is 66.5. The summed E-state index contributed by atoms with van der Waals surface area (Å²) in [5, 5.41) is 0. The van der Waals surface area contributed by atoms with E-state index in [-0.39, 0.29) is 32.5 Å². The van der Waals surface area contributed by atoms with E-state index in [1.54, 1.807) is 12.1 Å². The van der Waals surface area contributed by atoms with Crippen molar-refractivity contribution in [3.05, 3.63) is 240 Å². The molecular formula is C56H48O8S. The van der Waals surface area contributed by atoms with Crippen molar-refractivity contribution in [1.82, 2.24) is 0 Å². The molecule has 9 rings (SSSR count). The van der Waals surface area contributed by atoms with Crippen molar-refractivity contribution in [3.8, 4) is 34.5 Å². The monoisotopic (exact) mass is 880 g/mol. The van der Waals surface area contributed by atoms with Gasteiger partial charge in [0.15, 0.2) is 17.6 Å². The molecule has 0 spiro atoms. The predicted octanol–water partition coefficient (Wildman–Crippen LogP) is 12.3. The Bertz CT molecular complexity index is 2690. The molecule has 8 nitrogen and oxygen atoms in total. The van der Waals surface area contributed by atoms with Gasteiger partial charge in [-0.05, 0) is 52.1 Å². The first-order chi connectivity index (χ1) is 32.1. The maximum absolute atomic E-state index is 14.9. The molecule has 0 saturated carbocycles. The fourth-order valence-corrected chi connectivity index (χ4v) is 8.43. The summed E-state index contributed by atoms with van der Waals surface area (Å²) in [4.78, 5) is 0.959. The van der Waals surface area contributed by atoms with Crippen LogP contribution in [0.15, 0.2) is 216 Å². The van der Waals surface area contributed by atoms with Gasteiger partial charge in [-0.3, -0.25) is 0 Å². The first-order valence-electron chi connectivity index (χ1n) is 21.6. The second kappa shape index (κ2) is 21.4. The minimum atomic E-state index is -1.74. The van der Waals surface area contributed by atoms with E-state index >= 15 is 0 Å². The van der Waals surface area contributed by atoms with E-state index < -0.39 is 16.9 Å². The fraction of sp³-hybridized carbons (Fsp3) is 0.143. The summed E-state index contributed by atoms with van der Waals surface area (Å²) >= 11 is 0. The topological polar surface area (TPSA) is 85.0 Å². The molecule has 1 saturated heterocycles. The Morgan fingerprint density at radius 2 is 0.815 bits per heavy atom. The number of ether oxygens (including phenoxy) is 7. The van der Waals surface area contributed by atoms with Gasteiger partial charge in [-0.2, -0.15) is 0 Å². The maximum atomic E-state index is 14.9. The van der Waals surface area contributed by atoms with Crippen LogP contribution < -0.4 is 28.4 Å². The summed E-state index contributed by atoms with van der Waals surface area (Å²) in [7, 11) is -1.74. The van der Waals surface area contributed by atoms with Crippen LogP contribution in [0.4, 0.5) is 0 Å². The average molecular weight is 881 g/mol. The Labute approximate surface area is 382 Å². The third-order valence-electron chi connectivity index (χ3n) is 10.6. The van der Waals surface area contributed by atoms with Crippen LogP contribution in [-0.4, -0.2) is 16.9 Å². The lowest BCUT2D eigenvalue weighted by Crippen LogP contribution is -2.17. The van der Waals surface area contributed by atoms with E-state index in [1.165, 1.54) is 0 Å². The number of rotatable bonds is 21. The van der Waals surface area contributed by atoms with Gasteiger partial charge in [0, 0.05) is 22.6 Å². The van der Waals surface area contributed by atoms with Gasteiger partial charge in [0.2, 0.25) is 5.75 Å². The summed E-state index contributed by atoms with van der Waals surface area (Å²) in [5.41, 5.74) is 5.62. The predicted molar refractivity (Wildman–Crippen MR) is 251 cm³/mol. The zero-order chi connectivity index (χ0) is 44.0. The smallest absolute Gasteiger partial charge is 0.203 e. The van der Waals surface area contributed by atoms with Gasteiger partial charge in [0.1, 0.15) is 61.3 Å². The van der Waals surface area contributed by atoms with Crippen molar-refractivity contribution in [1.29, 1.82) is 0 Å². The SMILES string of the molecule is O=S(c1ccccc1)c1c(OCc2ccccc2)cc(OCc2ccccc2)cc1O[C@@H](c1cc(OCc2ccccc2)c(OCc2ccccc2)c(OCc2ccccc2)c1)[C@H]1CO1. The summed E-state index contributed by atoms with van der Waals surface area (Å²) in [5.74, 6) is 2.58. The number of hydrogen-bond acceptors (Lipinski definition) is 8. The first-order valence-corrected chi connectivity index (χ1v) is 22.7. The van der Waals surface area contributed by atoms with E-state index in [9.17, 15) is 4.21 Å². The highest BCUT2D eigenvalue weighted by Gasteiger charge is 2.39. The highest BCUT2D eigenvalue weighted by molar-refractivity contribution is 7.85. The van der Waals surface area contributed by atoms with Crippen molar-refractivity contribution < 1.29 is 37.4 Å². The summed E-state index contributed by atoms with van der Waals surface area (Å²) in [6.45, 7) is 1.80. The molecule has 0 aliphatic carbocycles. The molecule has 0 aromatic heterocycles. The van der Waals surface area contributed by atoms with Crippen molar-refractivity contribution in [2.45, 2.75) is 55.0 Å². The van der Waals surface area contributed by atoms with Crippen molar-refractivity contribution in [3.63, 3.8) is 0 Å². The highest BCUT2D eigenvalue weighted by atomic mass is 32.2. The molecular weight excluding hydrogens is 833 g/mol. The third kappa shape index (κ3) is 11.6. The van der Waals surface area contributed by atoms with Gasteiger partial charge in [-0.25, -0.2) is 4.21 Å². The van der Waals surface area contributed by atoms with Gasteiger partial charge < -0.3 is 33.2 Å². The molecule has 65 heavy (non-hydrogen) atoms. The molecule has 8 aromatic rings. The second-order valence-corrected chi connectivity index (χ2v) is 16.9. The highest BCUT2D eigenvalue weighted by Crippen LogP contribution is 2.47. The molecule has 0 radical (unpaired) electrons. The van der Waals surface area contributed by atoms with Crippen molar-refractivity contribution >= 4 is 10.8 Å². The summed E-state index contributed by atoms with van der Waals surface area (Å²) in [6.07, 6.45) is -1.06. The van der Waals surface area contributed by atoms with Crippen molar-refractivity contribution in [2.75, 3.05) is 6.61 Å². The molecule has 1 heterocycles. The lowest BCUT2D eigenvalue weighted by molar-refractivity contribution is 0.153. The Morgan fingerprint density at radius 1 is 0.446 bits per heavy atom. The van der Waals surface area contributed by atoms with Gasteiger partial charge in [-0.1, -0.05) is 170 Å². The molecule has 0 amide bonds. The molecule has 1 unspecified atom stereocenters. The Balaban J connectivity index is 1.15. The lowest BCUT2D eigenvalue weighted by Gasteiger charge is -2.25. The second-order valence-electron chi connectivity index (χ2n) is 15.5. The normalized spacial score (nSPS) is 13.8. The van der Waals surface area contributed by atoms with Crippen molar-refractivity contribution in [2.24, 2.45) is 0 Å². The van der Waals surface area contributed by atoms with Gasteiger partial charge in [0.05, 0.1) is 17.4 Å². The van der Waals surface area contributed by atoms with Crippen LogP contribution in [0.5, 0.6) is 34.5 Å². The molecule has 1 fully saturated rings. The largest absolute Gasteiger partial charge is 0.489 e. The van der Waals surface area contributed by atoms with E-state index in [2.05, 4.69) is 0 Å². The van der Waals surface area contributed by atoms with Gasteiger partial charge >= 0.3 is 0 Å². The zero-order valence-corrected chi connectivity index (χ0v) is 36.5. The Morgan fingerprint density at radius 3 is 1.25 bits per heavy atom. The van der Waals surface area contributed by atoms with Crippen LogP contribution in [0.2, 0.25) is 0 Å². The maximum Gasteiger partial charge on any atom is 0.203 e. The van der Waals surface area contributed by atoms with E-state index in [0.717, 1.165) is 27.8 Å². The molecule has 326 valence electrons. The average Bonchev–Trinajstić information content (AvgIpc) is 4.22. The van der Waals surface area contributed by atoms with Crippen LogP contribution in [0.1, 0.15) is 39.5 Å². The van der Waals surface area contributed by atoms with Crippen LogP contribution in [0.3, 0.4) is 0 Å². The minimum Gasteiger partial charge on any atom is -0.489 e. The fourth-order valence-electron chi connectivity index (χ4n) is 7.20. The number of benzene rings is 8. The minimum absolute atomic E-state index is 0.227.